The van der Waals surface area contributed by atoms with Crippen molar-refractivity contribution in [3.8, 4) is 0 Å². The van der Waals surface area contributed by atoms with E-state index in [1.165, 1.54) is 12.1 Å². The summed E-state index contributed by atoms with van der Waals surface area (Å²) in [6.07, 6.45) is 1.90. The molecule has 0 saturated carbocycles. The van der Waals surface area contributed by atoms with Crippen molar-refractivity contribution in [3.05, 3.63) is 35.3 Å². The van der Waals surface area contributed by atoms with Gasteiger partial charge in [-0.1, -0.05) is 0 Å². The molecule has 1 amide bonds. The van der Waals surface area contributed by atoms with Gasteiger partial charge in [0.05, 0.1) is 6.54 Å². The number of halogens is 1. The molecule has 3 rings (SSSR count). The second-order valence-electron chi connectivity index (χ2n) is 7.35. The lowest BCUT2D eigenvalue weighted by Gasteiger charge is -2.32. The van der Waals surface area contributed by atoms with Gasteiger partial charge in [-0.05, 0) is 44.9 Å². The molecule has 1 aromatic heterocycles. The van der Waals surface area contributed by atoms with Crippen molar-refractivity contribution in [2.75, 3.05) is 33.2 Å². The van der Waals surface area contributed by atoms with E-state index in [9.17, 15) is 9.18 Å². The highest BCUT2D eigenvalue weighted by Gasteiger charge is 2.21. The number of rotatable bonds is 6. The van der Waals surface area contributed by atoms with E-state index in [4.69, 9.17) is 4.42 Å². The Hall–Kier alpha value is -2.61. The Bertz CT molecular complexity index is 871. The second-order valence-corrected chi connectivity index (χ2v) is 7.35. The number of carbonyl (C=O) groups excluding carboxylic acids is 1. The summed E-state index contributed by atoms with van der Waals surface area (Å²) in [5.74, 6) is 1.26. The first kappa shape index (κ1) is 21.1. The molecule has 2 heterocycles. The summed E-state index contributed by atoms with van der Waals surface area (Å²) in [5, 5.41) is 10.2. The molecular weight excluding hydrogens is 373 g/mol. The Kier molecular flexibility index (Phi) is 7.09. The largest absolute Gasteiger partial charge is 0.459 e. The van der Waals surface area contributed by atoms with Gasteiger partial charge in [0, 0.05) is 43.7 Å². The third kappa shape index (κ3) is 5.47. The van der Waals surface area contributed by atoms with Gasteiger partial charge >= 0.3 is 0 Å². The van der Waals surface area contributed by atoms with E-state index in [-0.39, 0.29) is 11.7 Å². The Morgan fingerprint density at radius 2 is 2.10 bits per heavy atom. The Labute approximate surface area is 170 Å². The highest BCUT2D eigenvalue weighted by atomic mass is 19.1. The second kappa shape index (κ2) is 9.73. The predicted molar refractivity (Wildman–Crippen MR) is 112 cm³/mol. The first-order valence-corrected chi connectivity index (χ1v) is 10.2. The molecule has 1 fully saturated rings. The zero-order valence-electron chi connectivity index (χ0n) is 17.3. The zero-order valence-corrected chi connectivity index (χ0v) is 17.3. The van der Waals surface area contributed by atoms with Crippen LogP contribution < -0.4 is 16.0 Å². The Balaban J connectivity index is 1.61. The molecule has 8 heteroatoms. The number of piperidine rings is 1. The maximum Gasteiger partial charge on any atom is 0.233 e. The smallest absolute Gasteiger partial charge is 0.233 e. The molecule has 1 aliphatic rings. The van der Waals surface area contributed by atoms with Gasteiger partial charge in [0.15, 0.2) is 5.96 Å². The molecule has 0 bridgehead atoms. The van der Waals surface area contributed by atoms with Crippen molar-refractivity contribution >= 4 is 22.8 Å². The van der Waals surface area contributed by atoms with Crippen LogP contribution in [-0.4, -0.2) is 56.0 Å². The van der Waals surface area contributed by atoms with E-state index < -0.39 is 0 Å². The van der Waals surface area contributed by atoms with E-state index in [0.29, 0.717) is 24.7 Å². The van der Waals surface area contributed by atoms with E-state index in [1.807, 2.05) is 13.8 Å². The molecule has 1 aliphatic heterocycles. The summed E-state index contributed by atoms with van der Waals surface area (Å²) in [6, 6.07) is 4.86. The molecular formula is C21H30FN5O2. The molecule has 3 N–H and O–H groups in total. The minimum absolute atomic E-state index is 0.0485. The van der Waals surface area contributed by atoms with E-state index >= 15 is 0 Å². The fourth-order valence-corrected chi connectivity index (χ4v) is 3.58. The van der Waals surface area contributed by atoms with Gasteiger partial charge in [0.1, 0.15) is 23.7 Å². The number of guanidine groups is 1. The van der Waals surface area contributed by atoms with E-state index in [1.54, 1.807) is 13.1 Å². The van der Waals surface area contributed by atoms with Gasteiger partial charge in [0.2, 0.25) is 5.91 Å². The molecule has 7 nitrogen and oxygen atoms in total. The topological polar surface area (TPSA) is 81.9 Å². The molecule has 29 heavy (non-hydrogen) atoms. The van der Waals surface area contributed by atoms with Crippen molar-refractivity contribution in [3.63, 3.8) is 0 Å². The summed E-state index contributed by atoms with van der Waals surface area (Å²) in [4.78, 5) is 18.4. The standard InChI is InChI=1S/C21H30FN5O2/c1-4-24-21(26-16-7-9-27(10-8-16)13-20(28)23-3)25-12-19-14(2)17-11-15(22)5-6-18(17)29-19/h5-6,11,16H,4,7-10,12-13H2,1-3H3,(H,23,28)(H2,24,25,26). The van der Waals surface area contributed by atoms with Crippen LogP contribution >= 0.6 is 0 Å². The molecule has 0 radical (unpaired) electrons. The van der Waals surface area contributed by atoms with Crippen molar-refractivity contribution in [1.82, 2.24) is 20.9 Å². The van der Waals surface area contributed by atoms with Crippen molar-refractivity contribution in [2.24, 2.45) is 4.99 Å². The number of aryl methyl sites for hydroxylation is 1. The van der Waals surface area contributed by atoms with Crippen LogP contribution in [0.4, 0.5) is 4.39 Å². The molecule has 1 saturated heterocycles. The van der Waals surface area contributed by atoms with Crippen LogP contribution in [0.1, 0.15) is 31.1 Å². The number of fused-ring (bicyclic) bond motifs is 1. The third-order valence-electron chi connectivity index (χ3n) is 5.30. The molecule has 0 aliphatic carbocycles. The molecule has 158 valence electrons. The van der Waals surface area contributed by atoms with Crippen LogP contribution in [0.15, 0.2) is 27.6 Å². The van der Waals surface area contributed by atoms with Gasteiger partial charge in [-0.15, -0.1) is 0 Å². The SMILES string of the molecule is CCNC(=NCc1oc2ccc(F)cc2c1C)NC1CCN(CC(=O)NC)CC1. The maximum absolute atomic E-state index is 13.5. The lowest BCUT2D eigenvalue weighted by Crippen LogP contribution is -2.50. The van der Waals surface area contributed by atoms with E-state index in [0.717, 1.165) is 55.1 Å². The number of nitrogens with zero attached hydrogens (tertiary/aromatic N) is 2. The number of furan rings is 1. The average Bonchev–Trinajstić information content (AvgIpc) is 3.03. The summed E-state index contributed by atoms with van der Waals surface area (Å²) in [5.41, 5.74) is 1.59. The fourth-order valence-electron chi connectivity index (χ4n) is 3.58. The first-order chi connectivity index (χ1) is 14.0. The maximum atomic E-state index is 13.5. The molecule has 0 unspecified atom stereocenters. The summed E-state index contributed by atoms with van der Waals surface area (Å²) in [7, 11) is 1.66. The molecule has 1 aromatic carbocycles. The highest BCUT2D eigenvalue weighted by Crippen LogP contribution is 2.26. The fraction of sp³-hybridized carbons (Fsp3) is 0.524. The zero-order chi connectivity index (χ0) is 20.8. The number of aliphatic imine (C=N–C) groups is 1. The molecule has 0 spiro atoms. The number of amides is 1. The van der Waals surface area contributed by atoms with Crippen LogP contribution in [0, 0.1) is 12.7 Å². The summed E-state index contributed by atoms with van der Waals surface area (Å²) >= 11 is 0. The van der Waals surface area contributed by atoms with Crippen molar-refractivity contribution in [2.45, 2.75) is 39.3 Å². The van der Waals surface area contributed by atoms with Crippen molar-refractivity contribution in [1.29, 1.82) is 0 Å². The average molecular weight is 404 g/mol. The predicted octanol–water partition coefficient (Wildman–Crippen LogP) is 2.15. The number of hydrogen-bond donors (Lipinski definition) is 3. The van der Waals surface area contributed by atoms with Gasteiger partial charge in [-0.3, -0.25) is 9.69 Å². The van der Waals surface area contributed by atoms with Crippen LogP contribution in [-0.2, 0) is 11.3 Å². The summed E-state index contributed by atoms with van der Waals surface area (Å²) in [6.45, 7) is 7.29. The van der Waals surface area contributed by atoms with Crippen molar-refractivity contribution < 1.29 is 13.6 Å². The van der Waals surface area contributed by atoms with Crippen LogP contribution in [0.5, 0.6) is 0 Å². The van der Waals surface area contributed by atoms with Crippen LogP contribution in [0.25, 0.3) is 11.0 Å². The third-order valence-corrected chi connectivity index (χ3v) is 5.30. The Morgan fingerprint density at radius 1 is 1.34 bits per heavy atom. The van der Waals surface area contributed by atoms with Gasteiger partial charge in [0.25, 0.3) is 0 Å². The minimum Gasteiger partial charge on any atom is -0.459 e. The quantitative estimate of drug-likeness (QED) is 0.509. The van der Waals surface area contributed by atoms with Gasteiger partial charge in [-0.2, -0.15) is 0 Å². The number of benzene rings is 1. The number of hydrogen-bond acceptors (Lipinski definition) is 4. The minimum atomic E-state index is -0.269. The monoisotopic (exact) mass is 403 g/mol. The van der Waals surface area contributed by atoms with E-state index in [2.05, 4.69) is 25.8 Å². The molecule has 2 aromatic rings. The first-order valence-electron chi connectivity index (χ1n) is 10.2. The lowest BCUT2D eigenvalue weighted by molar-refractivity contribution is -0.122. The number of likely N-dealkylation sites (N-methyl/N-ethyl adjacent to an activating group) is 1. The normalized spacial score (nSPS) is 16.2. The summed E-state index contributed by atoms with van der Waals surface area (Å²) < 4.78 is 19.4. The number of nitrogens with one attached hydrogen (secondary N) is 3. The van der Waals surface area contributed by atoms with Gasteiger partial charge in [-0.25, -0.2) is 9.38 Å². The highest BCUT2D eigenvalue weighted by molar-refractivity contribution is 5.83. The molecule has 0 atom stereocenters. The number of carbonyl (C=O) groups is 1. The van der Waals surface area contributed by atoms with Crippen LogP contribution in [0.2, 0.25) is 0 Å². The number of likely N-dealkylation sites (tertiary alicyclic amines) is 1. The lowest BCUT2D eigenvalue weighted by atomic mass is 10.1. The Morgan fingerprint density at radius 3 is 2.79 bits per heavy atom. The van der Waals surface area contributed by atoms with Gasteiger partial charge < -0.3 is 20.4 Å². The van der Waals surface area contributed by atoms with Crippen LogP contribution in [0.3, 0.4) is 0 Å².